The van der Waals surface area contributed by atoms with E-state index < -0.39 is 0 Å². The fourth-order valence-corrected chi connectivity index (χ4v) is 2.67. The molecule has 2 rings (SSSR count). The fourth-order valence-electron chi connectivity index (χ4n) is 2.45. The van der Waals surface area contributed by atoms with Gasteiger partial charge >= 0.3 is 0 Å². The highest BCUT2D eigenvalue weighted by molar-refractivity contribution is 6.31. The van der Waals surface area contributed by atoms with Gasteiger partial charge in [-0.25, -0.2) is 0 Å². The number of ether oxygens (including phenoxy) is 2. The van der Waals surface area contributed by atoms with E-state index in [2.05, 4.69) is 4.90 Å². The number of carbonyl (C=O) groups is 1. The Bertz CT molecular complexity index is 459. The lowest BCUT2D eigenvalue weighted by Crippen LogP contribution is -2.22. The number of halogens is 1. The Morgan fingerprint density at radius 3 is 2.75 bits per heavy atom. The van der Waals surface area contributed by atoms with Gasteiger partial charge in [-0.15, -0.1) is 0 Å². The SMILES string of the molecule is COc1cc(Cl)cc(C=O)c1OCCCN1CCCC1. The van der Waals surface area contributed by atoms with E-state index in [0.29, 0.717) is 28.7 Å². The predicted octanol–water partition coefficient (Wildman–Crippen LogP) is 3.03. The summed E-state index contributed by atoms with van der Waals surface area (Å²) >= 11 is 5.93. The van der Waals surface area contributed by atoms with E-state index in [1.807, 2.05) is 0 Å². The zero-order chi connectivity index (χ0) is 14.4. The van der Waals surface area contributed by atoms with Gasteiger partial charge in [0.15, 0.2) is 17.8 Å². The van der Waals surface area contributed by atoms with Gasteiger partial charge in [0.2, 0.25) is 0 Å². The highest BCUT2D eigenvalue weighted by Gasteiger charge is 2.14. The Kier molecular flexibility index (Phi) is 5.68. The molecule has 0 amide bonds. The first kappa shape index (κ1) is 15.1. The molecular formula is C15H20ClNO3. The zero-order valence-corrected chi connectivity index (χ0v) is 12.5. The first-order valence-electron chi connectivity index (χ1n) is 6.92. The summed E-state index contributed by atoms with van der Waals surface area (Å²) in [6.07, 6.45) is 4.26. The van der Waals surface area contributed by atoms with Gasteiger partial charge in [-0.3, -0.25) is 4.79 Å². The summed E-state index contributed by atoms with van der Waals surface area (Å²) in [5, 5.41) is 0.466. The van der Waals surface area contributed by atoms with Crippen molar-refractivity contribution in [1.29, 1.82) is 0 Å². The average molecular weight is 298 g/mol. The fraction of sp³-hybridized carbons (Fsp3) is 0.533. The van der Waals surface area contributed by atoms with Gasteiger partial charge in [-0.05, 0) is 38.4 Å². The van der Waals surface area contributed by atoms with E-state index in [9.17, 15) is 4.79 Å². The summed E-state index contributed by atoms with van der Waals surface area (Å²) in [6, 6.07) is 3.25. The monoisotopic (exact) mass is 297 g/mol. The van der Waals surface area contributed by atoms with Crippen LogP contribution in [0.3, 0.4) is 0 Å². The number of benzene rings is 1. The number of nitrogens with zero attached hydrogens (tertiary/aromatic N) is 1. The van der Waals surface area contributed by atoms with Crippen molar-refractivity contribution >= 4 is 17.9 Å². The van der Waals surface area contributed by atoms with Crippen LogP contribution in [0, 0.1) is 0 Å². The molecule has 1 aliphatic heterocycles. The van der Waals surface area contributed by atoms with Crippen molar-refractivity contribution in [3.8, 4) is 11.5 Å². The van der Waals surface area contributed by atoms with Crippen LogP contribution >= 0.6 is 11.6 Å². The maximum absolute atomic E-state index is 11.1. The van der Waals surface area contributed by atoms with Crippen molar-refractivity contribution in [1.82, 2.24) is 4.90 Å². The van der Waals surface area contributed by atoms with Crippen molar-refractivity contribution in [3.05, 3.63) is 22.7 Å². The summed E-state index contributed by atoms with van der Waals surface area (Å²) < 4.78 is 10.9. The normalized spacial score (nSPS) is 15.3. The number of rotatable bonds is 7. The second kappa shape index (κ2) is 7.50. The van der Waals surface area contributed by atoms with Crippen LogP contribution in [0.2, 0.25) is 5.02 Å². The molecule has 1 aliphatic rings. The second-order valence-corrected chi connectivity index (χ2v) is 5.33. The molecule has 1 saturated heterocycles. The Morgan fingerprint density at radius 2 is 2.10 bits per heavy atom. The van der Waals surface area contributed by atoms with Crippen molar-refractivity contribution < 1.29 is 14.3 Å². The van der Waals surface area contributed by atoms with Crippen LogP contribution in [0.5, 0.6) is 11.5 Å². The number of carbonyl (C=O) groups excluding carboxylic acids is 1. The summed E-state index contributed by atoms with van der Waals surface area (Å²) in [4.78, 5) is 13.5. The zero-order valence-electron chi connectivity index (χ0n) is 11.7. The topological polar surface area (TPSA) is 38.8 Å². The molecule has 0 spiro atoms. The third kappa shape index (κ3) is 3.87. The molecular weight excluding hydrogens is 278 g/mol. The molecule has 1 aromatic carbocycles. The number of hydrogen-bond acceptors (Lipinski definition) is 4. The van der Waals surface area contributed by atoms with Crippen LogP contribution < -0.4 is 9.47 Å². The largest absolute Gasteiger partial charge is 0.493 e. The van der Waals surface area contributed by atoms with E-state index in [-0.39, 0.29) is 0 Å². The highest BCUT2D eigenvalue weighted by atomic mass is 35.5. The molecule has 1 aromatic rings. The van der Waals surface area contributed by atoms with Crippen molar-refractivity contribution in [2.24, 2.45) is 0 Å². The Labute approximate surface area is 124 Å². The molecule has 0 unspecified atom stereocenters. The van der Waals surface area contributed by atoms with Gasteiger partial charge < -0.3 is 14.4 Å². The molecule has 0 radical (unpaired) electrons. The minimum atomic E-state index is 0.426. The predicted molar refractivity (Wildman–Crippen MR) is 79.2 cm³/mol. The molecule has 20 heavy (non-hydrogen) atoms. The highest BCUT2D eigenvalue weighted by Crippen LogP contribution is 2.33. The minimum absolute atomic E-state index is 0.426. The van der Waals surface area contributed by atoms with Gasteiger partial charge in [0.1, 0.15) is 0 Å². The molecule has 0 aliphatic carbocycles. The molecule has 0 bridgehead atoms. The maximum atomic E-state index is 11.1. The van der Waals surface area contributed by atoms with Crippen LogP contribution in [0.1, 0.15) is 29.6 Å². The molecule has 1 heterocycles. The van der Waals surface area contributed by atoms with Crippen LogP contribution in [0.15, 0.2) is 12.1 Å². The average Bonchev–Trinajstić information content (AvgIpc) is 2.97. The minimum Gasteiger partial charge on any atom is -0.493 e. The van der Waals surface area contributed by atoms with Crippen molar-refractivity contribution in [2.45, 2.75) is 19.3 Å². The second-order valence-electron chi connectivity index (χ2n) is 4.90. The van der Waals surface area contributed by atoms with Gasteiger partial charge in [-0.1, -0.05) is 11.6 Å². The summed E-state index contributed by atoms with van der Waals surface area (Å²) in [5.41, 5.74) is 0.426. The lowest BCUT2D eigenvalue weighted by molar-refractivity contribution is 0.111. The molecule has 0 N–H and O–H groups in total. The number of hydrogen-bond donors (Lipinski definition) is 0. The summed E-state index contributed by atoms with van der Waals surface area (Å²) in [5.74, 6) is 0.981. The van der Waals surface area contributed by atoms with Crippen molar-refractivity contribution in [2.75, 3.05) is 33.4 Å². The van der Waals surface area contributed by atoms with Crippen LogP contribution in [0.4, 0.5) is 0 Å². The third-order valence-electron chi connectivity index (χ3n) is 3.46. The Balaban J connectivity index is 1.92. The lowest BCUT2D eigenvalue weighted by Gasteiger charge is -2.16. The quantitative estimate of drug-likeness (QED) is 0.573. The number of likely N-dealkylation sites (tertiary alicyclic amines) is 1. The van der Waals surface area contributed by atoms with Crippen LogP contribution in [0.25, 0.3) is 0 Å². The Morgan fingerprint density at radius 1 is 1.35 bits per heavy atom. The standard InChI is InChI=1S/C15H20ClNO3/c1-19-14-10-13(16)9-12(11-18)15(14)20-8-4-7-17-5-2-3-6-17/h9-11H,2-8H2,1H3. The van der Waals surface area contributed by atoms with E-state index in [0.717, 1.165) is 19.3 Å². The van der Waals surface area contributed by atoms with E-state index in [1.54, 1.807) is 12.1 Å². The van der Waals surface area contributed by atoms with Crippen LogP contribution in [-0.2, 0) is 0 Å². The summed E-state index contributed by atoms with van der Waals surface area (Å²) in [7, 11) is 1.54. The molecule has 0 aromatic heterocycles. The van der Waals surface area contributed by atoms with Crippen molar-refractivity contribution in [3.63, 3.8) is 0 Å². The van der Waals surface area contributed by atoms with E-state index in [1.165, 1.54) is 33.0 Å². The lowest BCUT2D eigenvalue weighted by atomic mass is 10.2. The number of methoxy groups -OCH3 is 1. The molecule has 1 fully saturated rings. The Hall–Kier alpha value is -1.26. The van der Waals surface area contributed by atoms with E-state index >= 15 is 0 Å². The third-order valence-corrected chi connectivity index (χ3v) is 3.68. The maximum Gasteiger partial charge on any atom is 0.171 e. The number of aldehydes is 1. The summed E-state index contributed by atoms with van der Waals surface area (Å²) in [6.45, 7) is 3.97. The molecule has 110 valence electrons. The molecule has 0 saturated carbocycles. The molecule has 0 atom stereocenters. The molecule has 4 nitrogen and oxygen atoms in total. The van der Waals surface area contributed by atoms with Gasteiger partial charge in [-0.2, -0.15) is 0 Å². The van der Waals surface area contributed by atoms with Gasteiger partial charge in [0, 0.05) is 17.6 Å². The van der Waals surface area contributed by atoms with Gasteiger partial charge in [0.25, 0.3) is 0 Å². The first-order chi connectivity index (χ1) is 9.74. The first-order valence-corrected chi connectivity index (χ1v) is 7.30. The van der Waals surface area contributed by atoms with Gasteiger partial charge in [0.05, 0.1) is 19.3 Å². The molecule has 5 heteroatoms. The smallest absolute Gasteiger partial charge is 0.171 e. The van der Waals surface area contributed by atoms with E-state index in [4.69, 9.17) is 21.1 Å². The van der Waals surface area contributed by atoms with Crippen LogP contribution in [-0.4, -0.2) is 44.5 Å².